The molecule has 0 saturated heterocycles. The van der Waals surface area contributed by atoms with Crippen LogP contribution in [0.5, 0.6) is 0 Å². The van der Waals surface area contributed by atoms with Crippen LogP contribution in [0.3, 0.4) is 0 Å². The van der Waals surface area contributed by atoms with E-state index in [0.717, 1.165) is 13.0 Å². The maximum Gasteiger partial charge on any atom is 0.287 e. The van der Waals surface area contributed by atoms with Crippen LogP contribution in [-0.2, 0) is 4.79 Å². The van der Waals surface area contributed by atoms with Gasteiger partial charge in [0.05, 0.1) is 6.26 Å². The topological polar surface area (TPSA) is 83.4 Å². The highest BCUT2D eigenvalue weighted by Crippen LogP contribution is 2.05. The van der Waals surface area contributed by atoms with Crippen molar-refractivity contribution in [3.63, 3.8) is 0 Å². The Kier molecular flexibility index (Phi) is 6.79. The van der Waals surface area contributed by atoms with Crippen LogP contribution in [0.1, 0.15) is 30.8 Å². The molecular weight excluding hydrogens is 258 g/mol. The lowest BCUT2D eigenvalue weighted by molar-refractivity contribution is -0.123. The van der Waals surface area contributed by atoms with E-state index in [1.54, 1.807) is 12.1 Å². The molecule has 0 aliphatic heterocycles. The third-order valence-electron chi connectivity index (χ3n) is 2.88. The van der Waals surface area contributed by atoms with Crippen molar-refractivity contribution in [2.75, 3.05) is 20.1 Å². The highest BCUT2D eigenvalue weighted by molar-refractivity contribution is 5.95. The lowest BCUT2D eigenvalue weighted by atomic mass is 10.0. The van der Waals surface area contributed by atoms with E-state index in [4.69, 9.17) is 4.42 Å². The number of furan rings is 1. The Bertz CT molecular complexity index is 415. The largest absolute Gasteiger partial charge is 0.459 e. The Balaban J connectivity index is 2.51. The van der Waals surface area contributed by atoms with Crippen molar-refractivity contribution in [3.05, 3.63) is 24.2 Å². The third kappa shape index (κ3) is 5.05. The minimum absolute atomic E-state index is 0.00166. The Morgan fingerprint density at radius 3 is 2.60 bits per heavy atom. The zero-order valence-corrected chi connectivity index (χ0v) is 12.2. The maximum atomic E-state index is 12.1. The van der Waals surface area contributed by atoms with Crippen molar-refractivity contribution in [2.24, 2.45) is 5.92 Å². The Morgan fingerprint density at radius 1 is 1.30 bits per heavy atom. The summed E-state index contributed by atoms with van der Waals surface area (Å²) in [5.41, 5.74) is 0. The number of hydrogen-bond acceptors (Lipinski definition) is 4. The molecule has 0 bridgehead atoms. The highest BCUT2D eigenvalue weighted by atomic mass is 16.3. The number of hydrogen-bond donors (Lipinski definition) is 3. The summed E-state index contributed by atoms with van der Waals surface area (Å²) in [5.74, 6) is -0.341. The molecule has 0 aliphatic rings. The fourth-order valence-corrected chi connectivity index (χ4v) is 1.74. The van der Waals surface area contributed by atoms with Gasteiger partial charge in [-0.1, -0.05) is 13.8 Å². The minimum Gasteiger partial charge on any atom is -0.459 e. The van der Waals surface area contributed by atoms with Crippen LogP contribution in [-0.4, -0.2) is 38.0 Å². The van der Waals surface area contributed by atoms with Crippen molar-refractivity contribution < 1.29 is 14.0 Å². The van der Waals surface area contributed by atoms with Gasteiger partial charge in [0.2, 0.25) is 5.91 Å². The number of rotatable bonds is 8. The molecule has 20 heavy (non-hydrogen) atoms. The molecule has 1 aromatic rings. The first-order chi connectivity index (χ1) is 9.56. The van der Waals surface area contributed by atoms with Crippen molar-refractivity contribution in [1.82, 2.24) is 16.0 Å². The van der Waals surface area contributed by atoms with Crippen LogP contribution in [0, 0.1) is 5.92 Å². The molecule has 6 nitrogen and oxygen atoms in total. The normalized spacial score (nSPS) is 12.2. The highest BCUT2D eigenvalue weighted by Gasteiger charge is 2.25. The van der Waals surface area contributed by atoms with Gasteiger partial charge in [-0.2, -0.15) is 0 Å². The molecule has 6 heteroatoms. The van der Waals surface area contributed by atoms with Crippen molar-refractivity contribution >= 4 is 11.8 Å². The molecule has 0 spiro atoms. The Morgan fingerprint density at radius 2 is 2.05 bits per heavy atom. The molecule has 1 atom stereocenters. The number of amides is 2. The van der Waals surface area contributed by atoms with Crippen LogP contribution in [0.4, 0.5) is 0 Å². The van der Waals surface area contributed by atoms with E-state index >= 15 is 0 Å². The van der Waals surface area contributed by atoms with E-state index in [9.17, 15) is 9.59 Å². The first-order valence-electron chi connectivity index (χ1n) is 6.83. The number of carbonyl (C=O) groups excluding carboxylic acids is 2. The molecule has 1 unspecified atom stereocenters. The quantitative estimate of drug-likeness (QED) is 0.614. The lowest BCUT2D eigenvalue weighted by Gasteiger charge is -2.21. The van der Waals surface area contributed by atoms with Gasteiger partial charge in [0, 0.05) is 6.54 Å². The second-order valence-electron chi connectivity index (χ2n) is 4.92. The van der Waals surface area contributed by atoms with Crippen LogP contribution >= 0.6 is 0 Å². The van der Waals surface area contributed by atoms with E-state index in [0.29, 0.717) is 6.54 Å². The molecule has 0 aromatic carbocycles. The lowest BCUT2D eigenvalue weighted by Crippen LogP contribution is -2.50. The van der Waals surface area contributed by atoms with Crippen LogP contribution < -0.4 is 16.0 Å². The van der Waals surface area contributed by atoms with Gasteiger partial charge in [-0.3, -0.25) is 9.59 Å². The smallest absolute Gasteiger partial charge is 0.287 e. The molecule has 0 fully saturated rings. The fourth-order valence-electron chi connectivity index (χ4n) is 1.74. The van der Waals surface area contributed by atoms with Crippen molar-refractivity contribution in [2.45, 2.75) is 26.3 Å². The molecule has 1 rings (SSSR count). The van der Waals surface area contributed by atoms with Gasteiger partial charge in [-0.15, -0.1) is 0 Å². The van der Waals surface area contributed by atoms with Gasteiger partial charge in [-0.05, 0) is 38.1 Å². The molecule has 2 amide bonds. The first-order valence-corrected chi connectivity index (χ1v) is 6.83. The minimum atomic E-state index is -0.567. The SMILES string of the molecule is CNCCCNC(=O)C(NC(=O)c1ccco1)C(C)C. The summed E-state index contributed by atoms with van der Waals surface area (Å²) >= 11 is 0. The van der Waals surface area contributed by atoms with Gasteiger partial charge < -0.3 is 20.4 Å². The second-order valence-corrected chi connectivity index (χ2v) is 4.92. The second kappa shape index (κ2) is 8.37. The zero-order chi connectivity index (χ0) is 15.0. The molecule has 0 aliphatic carbocycles. The molecule has 0 radical (unpaired) electrons. The van der Waals surface area contributed by atoms with E-state index in [-0.39, 0.29) is 23.5 Å². The molecule has 3 N–H and O–H groups in total. The van der Waals surface area contributed by atoms with Gasteiger partial charge >= 0.3 is 0 Å². The summed E-state index contributed by atoms with van der Waals surface area (Å²) < 4.78 is 5.02. The van der Waals surface area contributed by atoms with Gasteiger partial charge in [0.1, 0.15) is 6.04 Å². The predicted molar refractivity (Wildman–Crippen MR) is 76.4 cm³/mol. The van der Waals surface area contributed by atoms with E-state index in [1.165, 1.54) is 6.26 Å². The summed E-state index contributed by atoms with van der Waals surface area (Å²) in [6, 6.07) is 2.64. The standard InChI is InChI=1S/C14H23N3O3/c1-10(2)12(14(19)16-8-5-7-15-3)17-13(18)11-6-4-9-20-11/h4,6,9-10,12,15H,5,7-8H2,1-3H3,(H,16,19)(H,17,18). The number of carbonyl (C=O) groups is 2. The van der Waals surface area contributed by atoms with Crippen LogP contribution in [0.2, 0.25) is 0 Å². The van der Waals surface area contributed by atoms with Gasteiger partial charge in [0.15, 0.2) is 5.76 Å². The molecular formula is C14H23N3O3. The summed E-state index contributed by atoms with van der Waals surface area (Å²) in [6.45, 7) is 5.20. The van der Waals surface area contributed by atoms with E-state index in [1.807, 2.05) is 20.9 Å². The van der Waals surface area contributed by atoms with Crippen LogP contribution in [0.15, 0.2) is 22.8 Å². The van der Waals surface area contributed by atoms with Gasteiger partial charge in [-0.25, -0.2) is 0 Å². The maximum absolute atomic E-state index is 12.1. The van der Waals surface area contributed by atoms with E-state index in [2.05, 4.69) is 16.0 Å². The summed E-state index contributed by atoms with van der Waals surface area (Å²) in [5, 5.41) is 8.54. The Hall–Kier alpha value is -1.82. The summed E-state index contributed by atoms with van der Waals surface area (Å²) in [6.07, 6.45) is 2.27. The summed E-state index contributed by atoms with van der Waals surface area (Å²) in [7, 11) is 1.86. The zero-order valence-electron chi connectivity index (χ0n) is 12.2. The molecule has 1 aromatic heterocycles. The van der Waals surface area contributed by atoms with E-state index < -0.39 is 6.04 Å². The van der Waals surface area contributed by atoms with Crippen LogP contribution in [0.25, 0.3) is 0 Å². The Labute approximate surface area is 119 Å². The monoisotopic (exact) mass is 281 g/mol. The third-order valence-corrected chi connectivity index (χ3v) is 2.88. The number of nitrogens with one attached hydrogen (secondary N) is 3. The molecule has 0 saturated carbocycles. The van der Waals surface area contributed by atoms with Crippen molar-refractivity contribution in [3.8, 4) is 0 Å². The van der Waals surface area contributed by atoms with Gasteiger partial charge in [0.25, 0.3) is 5.91 Å². The van der Waals surface area contributed by atoms with Crippen molar-refractivity contribution in [1.29, 1.82) is 0 Å². The fraction of sp³-hybridized carbons (Fsp3) is 0.571. The predicted octanol–water partition coefficient (Wildman–Crippen LogP) is 0.760. The molecule has 112 valence electrons. The average molecular weight is 281 g/mol. The summed E-state index contributed by atoms with van der Waals surface area (Å²) in [4.78, 5) is 24.0. The molecule has 1 heterocycles. The average Bonchev–Trinajstić information content (AvgIpc) is 2.94. The first kappa shape index (κ1) is 16.2.